The first-order valence-corrected chi connectivity index (χ1v) is 9.41. The Balaban J connectivity index is 1.86. The quantitative estimate of drug-likeness (QED) is 0.854. The molecule has 1 aliphatic heterocycles. The fraction of sp³-hybridized carbons (Fsp3) is 0.789. The summed E-state index contributed by atoms with van der Waals surface area (Å²) in [5.74, 6) is 1.07. The number of carbonyl (C=O) groups is 1. The molecule has 1 aromatic rings. The summed E-state index contributed by atoms with van der Waals surface area (Å²) in [6, 6.07) is 0. The summed E-state index contributed by atoms with van der Waals surface area (Å²) in [5.41, 5.74) is -0.378. The van der Waals surface area contributed by atoms with E-state index in [1.54, 1.807) is 0 Å². The molecule has 1 atom stereocenters. The molecule has 1 fully saturated rings. The number of piperidine rings is 1. The number of hydrogen-bond acceptors (Lipinski definition) is 4. The number of amides is 1. The number of rotatable bonds is 6. The lowest BCUT2D eigenvalue weighted by Crippen LogP contribution is -2.50. The van der Waals surface area contributed by atoms with Crippen LogP contribution in [0.15, 0.2) is 12.4 Å². The van der Waals surface area contributed by atoms with Crippen molar-refractivity contribution in [3.63, 3.8) is 0 Å². The molecule has 1 amide bonds. The molecule has 6 nitrogen and oxygen atoms in total. The highest BCUT2D eigenvalue weighted by Gasteiger charge is 2.34. The number of nitrogens with zero attached hydrogens (tertiary/aromatic N) is 3. The zero-order valence-electron chi connectivity index (χ0n) is 16.5. The number of imidazole rings is 1. The SMILES string of the molecule is CCCn1ccnc1CNCC1(C)CCCN(C(=O)OC(C)(C)C)C1. The minimum atomic E-state index is -0.445. The van der Waals surface area contributed by atoms with Crippen molar-refractivity contribution in [2.24, 2.45) is 5.41 Å². The van der Waals surface area contributed by atoms with Crippen LogP contribution in [0, 0.1) is 5.41 Å². The minimum Gasteiger partial charge on any atom is -0.444 e. The lowest BCUT2D eigenvalue weighted by Gasteiger charge is -2.41. The molecule has 0 aromatic carbocycles. The number of aryl methyl sites for hydroxylation is 1. The van der Waals surface area contributed by atoms with Gasteiger partial charge in [0.2, 0.25) is 0 Å². The van der Waals surface area contributed by atoms with Crippen molar-refractivity contribution in [1.82, 2.24) is 19.8 Å². The molecule has 1 N–H and O–H groups in total. The second kappa shape index (κ2) is 8.21. The van der Waals surface area contributed by atoms with Gasteiger partial charge in [-0.15, -0.1) is 0 Å². The van der Waals surface area contributed by atoms with Gasteiger partial charge in [0.25, 0.3) is 0 Å². The van der Waals surface area contributed by atoms with Crippen LogP contribution in [0.5, 0.6) is 0 Å². The highest BCUT2D eigenvalue weighted by Crippen LogP contribution is 2.29. The maximum atomic E-state index is 12.3. The van der Waals surface area contributed by atoms with E-state index in [1.807, 2.05) is 38.1 Å². The molecule has 2 rings (SSSR count). The van der Waals surface area contributed by atoms with Gasteiger partial charge in [-0.2, -0.15) is 0 Å². The zero-order chi connectivity index (χ0) is 18.5. The van der Waals surface area contributed by atoms with Crippen molar-refractivity contribution < 1.29 is 9.53 Å². The Hall–Kier alpha value is -1.56. The molecular formula is C19H34N4O2. The van der Waals surface area contributed by atoms with Crippen molar-refractivity contribution in [1.29, 1.82) is 0 Å². The fourth-order valence-corrected chi connectivity index (χ4v) is 3.37. The number of hydrogen-bond donors (Lipinski definition) is 1. The molecule has 0 saturated carbocycles. The molecule has 0 aliphatic carbocycles. The average molecular weight is 351 g/mol. The van der Waals surface area contributed by atoms with Crippen LogP contribution in [0.25, 0.3) is 0 Å². The number of likely N-dealkylation sites (tertiary alicyclic amines) is 1. The van der Waals surface area contributed by atoms with E-state index < -0.39 is 5.60 Å². The normalized spacial score (nSPS) is 21.4. The van der Waals surface area contributed by atoms with E-state index in [4.69, 9.17) is 4.74 Å². The zero-order valence-corrected chi connectivity index (χ0v) is 16.5. The number of aromatic nitrogens is 2. The highest BCUT2D eigenvalue weighted by atomic mass is 16.6. The van der Waals surface area contributed by atoms with E-state index in [-0.39, 0.29) is 11.5 Å². The molecule has 1 saturated heterocycles. The van der Waals surface area contributed by atoms with Crippen LogP contribution in [0.3, 0.4) is 0 Å². The van der Waals surface area contributed by atoms with Crippen LogP contribution in [-0.4, -0.2) is 45.8 Å². The van der Waals surface area contributed by atoms with Crippen molar-refractivity contribution in [2.45, 2.75) is 72.6 Å². The van der Waals surface area contributed by atoms with E-state index in [2.05, 4.69) is 28.7 Å². The Kier molecular flexibility index (Phi) is 6.49. The van der Waals surface area contributed by atoms with E-state index in [9.17, 15) is 4.79 Å². The van der Waals surface area contributed by atoms with Gasteiger partial charge in [-0.1, -0.05) is 13.8 Å². The molecule has 25 heavy (non-hydrogen) atoms. The van der Waals surface area contributed by atoms with Crippen molar-refractivity contribution in [2.75, 3.05) is 19.6 Å². The molecule has 142 valence electrons. The van der Waals surface area contributed by atoms with Crippen LogP contribution >= 0.6 is 0 Å². The van der Waals surface area contributed by atoms with Crippen molar-refractivity contribution >= 4 is 6.09 Å². The Morgan fingerprint density at radius 2 is 2.20 bits per heavy atom. The maximum Gasteiger partial charge on any atom is 0.410 e. The standard InChI is InChI=1S/C19H34N4O2/c1-6-10-22-12-9-21-16(22)13-20-14-19(5)8-7-11-23(15-19)17(24)25-18(2,3)4/h9,12,20H,6-8,10-11,13-15H2,1-5H3. The second-order valence-corrected chi connectivity index (χ2v) is 8.46. The molecule has 0 radical (unpaired) electrons. The summed E-state index contributed by atoms with van der Waals surface area (Å²) in [7, 11) is 0. The first kappa shape index (κ1) is 19.8. The molecule has 1 unspecified atom stereocenters. The minimum absolute atomic E-state index is 0.0668. The van der Waals surface area contributed by atoms with E-state index >= 15 is 0 Å². The van der Waals surface area contributed by atoms with Crippen molar-refractivity contribution in [3.8, 4) is 0 Å². The summed E-state index contributed by atoms with van der Waals surface area (Å²) in [6.07, 6.45) is 6.93. The van der Waals surface area contributed by atoms with Crippen LogP contribution in [-0.2, 0) is 17.8 Å². The third-order valence-electron chi connectivity index (χ3n) is 4.53. The molecule has 2 heterocycles. The smallest absolute Gasteiger partial charge is 0.410 e. The lowest BCUT2D eigenvalue weighted by atomic mass is 9.82. The van der Waals surface area contributed by atoms with Gasteiger partial charge in [-0.25, -0.2) is 9.78 Å². The van der Waals surface area contributed by atoms with Gasteiger partial charge in [0.1, 0.15) is 11.4 Å². The summed E-state index contributed by atoms with van der Waals surface area (Å²) in [4.78, 5) is 18.6. The van der Waals surface area contributed by atoms with Gasteiger partial charge in [0.05, 0.1) is 6.54 Å². The third kappa shape index (κ3) is 6.03. The third-order valence-corrected chi connectivity index (χ3v) is 4.53. The first-order valence-electron chi connectivity index (χ1n) is 9.41. The Labute approximate surface area is 151 Å². The Morgan fingerprint density at radius 3 is 2.88 bits per heavy atom. The van der Waals surface area contributed by atoms with Crippen LogP contribution in [0.1, 0.15) is 59.7 Å². The Morgan fingerprint density at radius 1 is 1.44 bits per heavy atom. The number of carbonyl (C=O) groups excluding carboxylic acids is 1. The summed E-state index contributed by atoms with van der Waals surface area (Å²) >= 11 is 0. The van der Waals surface area contributed by atoms with Crippen LogP contribution < -0.4 is 5.32 Å². The van der Waals surface area contributed by atoms with Crippen LogP contribution in [0.4, 0.5) is 4.79 Å². The summed E-state index contributed by atoms with van der Waals surface area (Å²) in [6.45, 7) is 14.3. The topological polar surface area (TPSA) is 59.4 Å². The van der Waals surface area contributed by atoms with Gasteiger partial charge < -0.3 is 19.5 Å². The lowest BCUT2D eigenvalue weighted by molar-refractivity contribution is 0.00672. The second-order valence-electron chi connectivity index (χ2n) is 8.46. The summed E-state index contributed by atoms with van der Waals surface area (Å²) in [5, 5.41) is 3.54. The van der Waals surface area contributed by atoms with Gasteiger partial charge in [0, 0.05) is 38.6 Å². The van der Waals surface area contributed by atoms with E-state index in [1.165, 1.54) is 0 Å². The number of ether oxygens (including phenoxy) is 1. The Bertz CT molecular complexity index is 564. The van der Waals surface area contributed by atoms with Gasteiger partial charge in [0.15, 0.2) is 0 Å². The molecular weight excluding hydrogens is 316 g/mol. The van der Waals surface area contributed by atoms with Gasteiger partial charge >= 0.3 is 6.09 Å². The predicted octanol–water partition coefficient (Wildman–Crippen LogP) is 3.42. The predicted molar refractivity (Wildman–Crippen MR) is 99.4 cm³/mol. The monoisotopic (exact) mass is 350 g/mol. The van der Waals surface area contributed by atoms with Gasteiger partial charge in [-0.3, -0.25) is 0 Å². The molecule has 1 aliphatic rings. The molecule has 6 heteroatoms. The van der Waals surface area contributed by atoms with Crippen molar-refractivity contribution in [3.05, 3.63) is 18.2 Å². The largest absolute Gasteiger partial charge is 0.444 e. The fourth-order valence-electron chi connectivity index (χ4n) is 3.37. The van der Waals surface area contributed by atoms with E-state index in [0.717, 1.165) is 57.8 Å². The van der Waals surface area contributed by atoms with E-state index in [0.29, 0.717) is 0 Å². The molecule has 0 bridgehead atoms. The molecule has 1 aromatic heterocycles. The van der Waals surface area contributed by atoms with Gasteiger partial charge in [-0.05, 0) is 45.4 Å². The number of nitrogens with one attached hydrogen (secondary N) is 1. The average Bonchev–Trinajstić information content (AvgIpc) is 2.93. The van der Waals surface area contributed by atoms with Crippen LogP contribution in [0.2, 0.25) is 0 Å². The maximum absolute atomic E-state index is 12.3. The first-order chi connectivity index (χ1) is 11.7. The molecule has 0 spiro atoms. The summed E-state index contributed by atoms with van der Waals surface area (Å²) < 4.78 is 7.73. The highest BCUT2D eigenvalue weighted by molar-refractivity contribution is 5.68.